The topological polar surface area (TPSA) is 49.3 Å². The molecule has 0 bridgehead atoms. The smallest absolute Gasteiger partial charge is 0.418 e. The second-order valence-corrected chi connectivity index (χ2v) is 7.81. The van der Waals surface area contributed by atoms with Crippen LogP contribution in [-0.4, -0.2) is 11.0 Å². The number of aromatic hydroxyl groups is 1. The standard InChI is InChI=1S/C24H18F3NO2/c25-24(26,27)20-6-2-5-19-21(20)28-22(30)23(19,16-9-11-18(29)12-10-16)17-8-7-14-3-1-4-15(14)13-17/h2,5-13,29H,1,3-4H2,(H,28,30). The molecule has 1 heterocycles. The molecule has 2 N–H and O–H groups in total. The van der Waals surface area contributed by atoms with Gasteiger partial charge in [0.25, 0.3) is 0 Å². The molecule has 0 spiro atoms. The van der Waals surface area contributed by atoms with Crippen molar-refractivity contribution in [1.29, 1.82) is 0 Å². The predicted molar refractivity (Wildman–Crippen MR) is 107 cm³/mol. The number of phenolic OH excluding ortho intramolecular Hbond substituents is 1. The van der Waals surface area contributed by atoms with Gasteiger partial charge in [0.05, 0.1) is 11.3 Å². The van der Waals surface area contributed by atoms with Crippen molar-refractivity contribution in [1.82, 2.24) is 0 Å². The molecule has 0 saturated heterocycles. The maximum atomic E-state index is 13.7. The first-order chi connectivity index (χ1) is 14.3. The second-order valence-electron chi connectivity index (χ2n) is 7.81. The molecule has 1 unspecified atom stereocenters. The van der Waals surface area contributed by atoms with Crippen LogP contribution in [0.15, 0.2) is 60.7 Å². The van der Waals surface area contributed by atoms with Gasteiger partial charge in [0, 0.05) is 5.56 Å². The normalized spacial score (nSPS) is 20.0. The molecule has 6 heteroatoms. The highest BCUT2D eigenvalue weighted by molar-refractivity contribution is 6.12. The lowest BCUT2D eigenvalue weighted by Crippen LogP contribution is -2.37. The van der Waals surface area contributed by atoms with Crippen LogP contribution < -0.4 is 5.32 Å². The minimum absolute atomic E-state index is 0.0190. The maximum absolute atomic E-state index is 13.7. The van der Waals surface area contributed by atoms with E-state index >= 15 is 0 Å². The Labute approximate surface area is 171 Å². The Morgan fingerprint density at radius 2 is 1.60 bits per heavy atom. The number of anilines is 1. The summed E-state index contributed by atoms with van der Waals surface area (Å²) in [5, 5.41) is 12.3. The number of rotatable bonds is 2. The number of para-hydroxylation sites is 1. The third kappa shape index (κ3) is 2.56. The summed E-state index contributed by atoms with van der Waals surface area (Å²) in [7, 11) is 0. The van der Waals surface area contributed by atoms with Crippen molar-refractivity contribution < 1.29 is 23.1 Å². The van der Waals surface area contributed by atoms with Crippen LogP contribution in [0.1, 0.15) is 39.8 Å². The maximum Gasteiger partial charge on any atom is 0.418 e. The van der Waals surface area contributed by atoms with Crippen LogP contribution >= 0.6 is 0 Å². The van der Waals surface area contributed by atoms with E-state index in [0.717, 1.165) is 30.9 Å². The number of amides is 1. The van der Waals surface area contributed by atoms with Gasteiger partial charge in [-0.15, -0.1) is 0 Å². The summed E-state index contributed by atoms with van der Waals surface area (Å²) in [5.74, 6) is -0.511. The van der Waals surface area contributed by atoms with E-state index in [4.69, 9.17) is 0 Å². The summed E-state index contributed by atoms with van der Waals surface area (Å²) in [6, 6.07) is 15.7. The van der Waals surface area contributed by atoms with E-state index in [2.05, 4.69) is 5.32 Å². The van der Waals surface area contributed by atoms with Crippen LogP contribution in [0.25, 0.3) is 0 Å². The molecule has 3 aromatic carbocycles. The number of hydrogen-bond donors (Lipinski definition) is 2. The Morgan fingerprint density at radius 3 is 2.33 bits per heavy atom. The Kier molecular flexibility index (Phi) is 3.97. The van der Waals surface area contributed by atoms with Crippen LogP contribution in [0, 0.1) is 0 Å². The first-order valence-electron chi connectivity index (χ1n) is 9.76. The lowest BCUT2D eigenvalue weighted by molar-refractivity contribution is -0.136. The van der Waals surface area contributed by atoms with E-state index in [-0.39, 0.29) is 17.0 Å². The fourth-order valence-corrected chi connectivity index (χ4v) is 4.82. The minimum atomic E-state index is -4.60. The number of halogens is 3. The number of nitrogens with one attached hydrogen (secondary N) is 1. The van der Waals surface area contributed by atoms with E-state index in [9.17, 15) is 23.1 Å². The minimum Gasteiger partial charge on any atom is -0.508 e. The van der Waals surface area contributed by atoms with Crippen LogP contribution in [0.5, 0.6) is 5.75 Å². The molecule has 0 fully saturated rings. The van der Waals surface area contributed by atoms with Crippen molar-refractivity contribution >= 4 is 11.6 Å². The molecule has 1 amide bonds. The predicted octanol–water partition coefficient (Wildman–Crippen LogP) is 5.19. The molecule has 30 heavy (non-hydrogen) atoms. The third-order valence-corrected chi connectivity index (χ3v) is 6.18. The van der Waals surface area contributed by atoms with Crippen molar-refractivity contribution in [2.24, 2.45) is 0 Å². The van der Waals surface area contributed by atoms with Crippen LogP contribution in [-0.2, 0) is 29.2 Å². The Balaban J connectivity index is 1.84. The van der Waals surface area contributed by atoms with Crippen LogP contribution in [0.2, 0.25) is 0 Å². The number of fused-ring (bicyclic) bond motifs is 2. The SMILES string of the molecule is O=C1Nc2c(C(F)(F)F)cccc2C1(c1ccc(O)cc1)c1ccc2c(c1)CCC2. The number of carbonyl (C=O) groups is 1. The summed E-state index contributed by atoms with van der Waals surface area (Å²) in [4.78, 5) is 13.5. The van der Waals surface area contributed by atoms with E-state index in [1.807, 2.05) is 18.2 Å². The zero-order valence-corrected chi connectivity index (χ0v) is 15.9. The number of alkyl halides is 3. The van der Waals surface area contributed by atoms with Crippen molar-refractivity contribution in [3.8, 4) is 5.75 Å². The first-order valence-corrected chi connectivity index (χ1v) is 9.76. The average molecular weight is 409 g/mol. The largest absolute Gasteiger partial charge is 0.508 e. The molecule has 3 nitrogen and oxygen atoms in total. The highest BCUT2D eigenvalue weighted by Crippen LogP contribution is 2.51. The van der Waals surface area contributed by atoms with Crippen molar-refractivity contribution in [3.63, 3.8) is 0 Å². The van der Waals surface area contributed by atoms with Gasteiger partial charge in [-0.1, -0.05) is 42.5 Å². The number of carbonyl (C=O) groups excluding carboxylic acids is 1. The zero-order valence-electron chi connectivity index (χ0n) is 15.9. The number of hydrogen-bond acceptors (Lipinski definition) is 2. The monoisotopic (exact) mass is 409 g/mol. The van der Waals surface area contributed by atoms with Gasteiger partial charge in [-0.2, -0.15) is 13.2 Å². The molecule has 3 aromatic rings. The van der Waals surface area contributed by atoms with Gasteiger partial charge in [-0.25, -0.2) is 0 Å². The molecule has 1 aliphatic heterocycles. The highest BCUT2D eigenvalue weighted by atomic mass is 19.4. The Morgan fingerprint density at radius 1 is 0.900 bits per heavy atom. The van der Waals surface area contributed by atoms with Gasteiger partial charge in [-0.05, 0) is 59.7 Å². The van der Waals surface area contributed by atoms with Crippen molar-refractivity contribution in [2.75, 3.05) is 5.32 Å². The summed E-state index contributed by atoms with van der Waals surface area (Å²) in [5.41, 5.74) is 1.24. The van der Waals surface area contributed by atoms with E-state index < -0.39 is 23.1 Å². The number of aryl methyl sites for hydroxylation is 2. The third-order valence-electron chi connectivity index (χ3n) is 6.18. The molecule has 0 aromatic heterocycles. The van der Waals surface area contributed by atoms with Gasteiger partial charge in [0.2, 0.25) is 5.91 Å². The molecule has 1 aliphatic carbocycles. The molecule has 0 saturated carbocycles. The summed E-state index contributed by atoms with van der Waals surface area (Å²) in [6.45, 7) is 0. The quantitative estimate of drug-likeness (QED) is 0.612. The molecule has 0 radical (unpaired) electrons. The van der Waals surface area contributed by atoms with Gasteiger partial charge in [0.1, 0.15) is 11.2 Å². The van der Waals surface area contributed by atoms with Gasteiger partial charge >= 0.3 is 6.18 Å². The molecule has 5 rings (SSSR count). The highest BCUT2D eigenvalue weighted by Gasteiger charge is 2.52. The lowest BCUT2D eigenvalue weighted by atomic mass is 9.69. The average Bonchev–Trinajstić information content (AvgIpc) is 3.29. The van der Waals surface area contributed by atoms with Gasteiger partial charge in [-0.3, -0.25) is 4.79 Å². The molecular formula is C24H18F3NO2. The van der Waals surface area contributed by atoms with E-state index in [1.54, 1.807) is 18.2 Å². The summed E-state index contributed by atoms with van der Waals surface area (Å²) < 4.78 is 41.0. The molecule has 1 atom stereocenters. The first kappa shape index (κ1) is 18.7. The van der Waals surface area contributed by atoms with Gasteiger partial charge in [0.15, 0.2) is 0 Å². The van der Waals surface area contributed by atoms with E-state index in [0.29, 0.717) is 11.1 Å². The van der Waals surface area contributed by atoms with E-state index in [1.165, 1.54) is 23.8 Å². The van der Waals surface area contributed by atoms with Crippen LogP contribution in [0.4, 0.5) is 18.9 Å². The zero-order chi connectivity index (χ0) is 21.1. The van der Waals surface area contributed by atoms with Crippen LogP contribution in [0.3, 0.4) is 0 Å². The Hall–Kier alpha value is -3.28. The second kappa shape index (κ2) is 6.36. The summed E-state index contributed by atoms with van der Waals surface area (Å²) in [6.07, 6.45) is -1.73. The lowest BCUT2D eigenvalue weighted by Gasteiger charge is -2.30. The van der Waals surface area contributed by atoms with Crippen molar-refractivity contribution in [3.05, 3.63) is 94.0 Å². The molecular weight excluding hydrogens is 391 g/mol. The molecule has 2 aliphatic rings. The number of benzene rings is 3. The van der Waals surface area contributed by atoms with Crippen molar-refractivity contribution in [2.45, 2.75) is 30.9 Å². The Bertz CT molecular complexity index is 1170. The van der Waals surface area contributed by atoms with Gasteiger partial charge < -0.3 is 10.4 Å². The fourth-order valence-electron chi connectivity index (χ4n) is 4.82. The summed E-state index contributed by atoms with van der Waals surface area (Å²) >= 11 is 0. The fraction of sp³-hybridized carbons (Fsp3) is 0.208. The molecule has 152 valence electrons. The number of phenols is 1.